The van der Waals surface area contributed by atoms with Crippen LogP contribution in [0.15, 0.2) is 18.6 Å². The smallest absolute Gasteiger partial charge is 0.126 e. The summed E-state index contributed by atoms with van der Waals surface area (Å²) in [5, 5.41) is 0. The molecule has 4 heteroatoms. The van der Waals surface area contributed by atoms with Crippen LogP contribution in [0.4, 0.5) is 5.82 Å². The lowest BCUT2D eigenvalue weighted by Gasteiger charge is -1.82. The third-order valence-corrected chi connectivity index (χ3v) is 0.605. The Balaban J connectivity index is 0.000000490. The van der Waals surface area contributed by atoms with Gasteiger partial charge in [-0.3, -0.25) is 0 Å². The first-order chi connectivity index (χ1) is 3.39. The fourth-order valence-electron chi connectivity index (χ4n) is 0.301. The van der Waals surface area contributed by atoms with E-state index in [0.29, 0.717) is 5.82 Å². The maximum absolute atomic E-state index is 5.21. The van der Waals surface area contributed by atoms with Gasteiger partial charge in [0.2, 0.25) is 0 Å². The summed E-state index contributed by atoms with van der Waals surface area (Å²) in [6.45, 7) is 0. The molecule has 0 aliphatic heterocycles. The first-order valence-corrected chi connectivity index (χ1v) is 1.91. The van der Waals surface area contributed by atoms with Crippen molar-refractivity contribution in [2.75, 3.05) is 5.73 Å². The van der Waals surface area contributed by atoms with Crippen LogP contribution in [-0.2, 0) is 0 Å². The standard InChI is InChI=1S/C4H5N3.H3N/c5-4-1-2-6-3-7-4;/h1-3H,(H2,5,6,7);1H3. The fourth-order valence-corrected chi connectivity index (χ4v) is 0.301. The molecule has 0 bridgehead atoms. The van der Waals surface area contributed by atoms with Gasteiger partial charge in [-0.25, -0.2) is 9.97 Å². The van der Waals surface area contributed by atoms with Gasteiger partial charge in [0, 0.05) is 6.20 Å². The van der Waals surface area contributed by atoms with Crippen molar-refractivity contribution in [3.63, 3.8) is 0 Å². The summed E-state index contributed by atoms with van der Waals surface area (Å²) in [5.74, 6) is 0.509. The first kappa shape index (κ1) is 6.84. The molecule has 44 valence electrons. The SMILES string of the molecule is N.Nc1ccncn1. The van der Waals surface area contributed by atoms with Gasteiger partial charge in [0.1, 0.15) is 12.1 Å². The Morgan fingerprint density at radius 3 is 2.50 bits per heavy atom. The van der Waals surface area contributed by atoms with Gasteiger partial charge in [-0.15, -0.1) is 0 Å². The zero-order chi connectivity index (χ0) is 5.11. The summed E-state index contributed by atoms with van der Waals surface area (Å²) >= 11 is 0. The summed E-state index contributed by atoms with van der Waals surface area (Å²) in [6, 6.07) is 1.64. The molecule has 8 heavy (non-hydrogen) atoms. The van der Waals surface area contributed by atoms with Crippen LogP contribution in [0.25, 0.3) is 0 Å². The van der Waals surface area contributed by atoms with E-state index in [1.54, 1.807) is 12.3 Å². The van der Waals surface area contributed by atoms with E-state index in [9.17, 15) is 0 Å². The van der Waals surface area contributed by atoms with Crippen LogP contribution >= 0.6 is 0 Å². The molecule has 1 aromatic rings. The third kappa shape index (κ3) is 1.53. The highest BCUT2D eigenvalue weighted by Crippen LogP contribution is 1.85. The van der Waals surface area contributed by atoms with E-state index in [1.165, 1.54) is 6.33 Å². The predicted molar refractivity (Wildman–Crippen MR) is 31.5 cm³/mol. The van der Waals surface area contributed by atoms with Crippen LogP contribution in [-0.4, -0.2) is 9.97 Å². The third-order valence-electron chi connectivity index (χ3n) is 0.605. The van der Waals surface area contributed by atoms with E-state index >= 15 is 0 Å². The Labute approximate surface area is 47.3 Å². The van der Waals surface area contributed by atoms with Crippen LogP contribution in [0.2, 0.25) is 0 Å². The normalized spacial score (nSPS) is 7.50. The molecule has 0 aliphatic carbocycles. The summed E-state index contributed by atoms with van der Waals surface area (Å²) in [4.78, 5) is 7.30. The molecular formula is C4H8N4. The molecule has 0 radical (unpaired) electrons. The van der Waals surface area contributed by atoms with Crippen molar-refractivity contribution in [2.45, 2.75) is 0 Å². The number of nitrogen functional groups attached to an aromatic ring is 1. The van der Waals surface area contributed by atoms with Crippen LogP contribution in [0.1, 0.15) is 0 Å². The minimum absolute atomic E-state index is 0. The summed E-state index contributed by atoms with van der Waals surface area (Å²) < 4.78 is 0. The Hall–Kier alpha value is -1.16. The highest BCUT2D eigenvalue weighted by atomic mass is 14.9. The topological polar surface area (TPSA) is 86.8 Å². The monoisotopic (exact) mass is 112 g/mol. The van der Waals surface area contributed by atoms with Crippen molar-refractivity contribution in [3.8, 4) is 0 Å². The van der Waals surface area contributed by atoms with Crippen LogP contribution < -0.4 is 11.9 Å². The second kappa shape index (κ2) is 2.92. The van der Waals surface area contributed by atoms with E-state index in [2.05, 4.69) is 9.97 Å². The molecule has 0 unspecified atom stereocenters. The minimum Gasteiger partial charge on any atom is -0.384 e. The number of hydrogen-bond acceptors (Lipinski definition) is 4. The Morgan fingerprint density at radius 1 is 1.50 bits per heavy atom. The number of nitrogens with zero attached hydrogens (tertiary/aromatic N) is 2. The van der Waals surface area contributed by atoms with Gasteiger partial charge in [-0.1, -0.05) is 0 Å². The van der Waals surface area contributed by atoms with Gasteiger partial charge in [-0.05, 0) is 6.07 Å². The number of hydrogen-bond donors (Lipinski definition) is 2. The summed E-state index contributed by atoms with van der Waals surface area (Å²) in [7, 11) is 0. The van der Waals surface area contributed by atoms with Crippen LogP contribution in [0.3, 0.4) is 0 Å². The van der Waals surface area contributed by atoms with Crippen molar-refractivity contribution >= 4 is 5.82 Å². The number of aromatic nitrogens is 2. The van der Waals surface area contributed by atoms with Crippen molar-refractivity contribution in [3.05, 3.63) is 18.6 Å². The molecular weight excluding hydrogens is 104 g/mol. The van der Waals surface area contributed by atoms with E-state index in [1.807, 2.05) is 0 Å². The minimum atomic E-state index is 0. The highest BCUT2D eigenvalue weighted by Gasteiger charge is 1.74. The molecule has 0 aromatic carbocycles. The largest absolute Gasteiger partial charge is 0.384 e. The van der Waals surface area contributed by atoms with Crippen molar-refractivity contribution in [1.29, 1.82) is 0 Å². The number of rotatable bonds is 0. The molecule has 0 aliphatic rings. The van der Waals surface area contributed by atoms with E-state index in [0.717, 1.165) is 0 Å². The average molecular weight is 112 g/mol. The summed E-state index contributed by atoms with van der Waals surface area (Å²) in [5.41, 5.74) is 5.21. The predicted octanol–water partition coefficient (Wildman–Crippen LogP) is 0.221. The Bertz CT molecular complexity index is 138. The van der Waals surface area contributed by atoms with E-state index in [4.69, 9.17) is 5.73 Å². The molecule has 0 saturated heterocycles. The Morgan fingerprint density at radius 2 is 2.25 bits per heavy atom. The molecule has 4 nitrogen and oxygen atoms in total. The van der Waals surface area contributed by atoms with Crippen LogP contribution in [0.5, 0.6) is 0 Å². The second-order valence-corrected chi connectivity index (χ2v) is 1.13. The quantitative estimate of drug-likeness (QED) is 0.502. The Kier molecular flexibility index (Phi) is 2.50. The van der Waals surface area contributed by atoms with Crippen molar-refractivity contribution in [1.82, 2.24) is 16.1 Å². The maximum atomic E-state index is 5.21. The van der Waals surface area contributed by atoms with Gasteiger partial charge >= 0.3 is 0 Å². The van der Waals surface area contributed by atoms with Gasteiger partial charge in [0.25, 0.3) is 0 Å². The van der Waals surface area contributed by atoms with Gasteiger partial charge < -0.3 is 11.9 Å². The number of nitrogens with two attached hydrogens (primary N) is 1. The van der Waals surface area contributed by atoms with Gasteiger partial charge in [0.15, 0.2) is 0 Å². The van der Waals surface area contributed by atoms with Gasteiger partial charge in [-0.2, -0.15) is 0 Å². The zero-order valence-corrected chi connectivity index (χ0v) is 4.41. The molecule has 0 amide bonds. The molecule has 1 heterocycles. The molecule has 1 rings (SSSR count). The molecule has 5 N–H and O–H groups in total. The van der Waals surface area contributed by atoms with Crippen LogP contribution in [0, 0.1) is 0 Å². The molecule has 1 aromatic heterocycles. The molecule has 0 fully saturated rings. The molecule has 0 spiro atoms. The fraction of sp³-hybridized carbons (Fsp3) is 0. The second-order valence-electron chi connectivity index (χ2n) is 1.13. The lowest BCUT2D eigenvalue weighted by molar-refractivity contribution is 1.18. The summed E-state index contributed by atoms with van der Waals surface area (Å²) in [6.07, 6.45) is 3.01. The lowest BCUT2D eigenvalue weighted by Crippen LogP contribution is -1.87. The zero-order valence-electron chi connectivity index (χ0n) is 4.41. The molecule has 0 saturated carbocycles. The van der Waals surface area contributed by atoms with E-state index in [-0.39, 0.29) is 6.15 Å². The molecule has 0 atom stereocenters. The lowest BCUT2D eigenvalue weighted by atomic mass is 10.6. The van der Waals surface area contributed by atoms with Crippen molar-refractivity contribution in [2.24, 2.45) is 0 Å². The average Bonchev–Trinajstić information content (AvgIpc) is 1.69. The van der Waals surface area contributed by atoms with Crippen molar-refractivity contribution < 1.29 is 0 Å². The maximum Gasteiger partial charge on any atom is 0.126 e. The van der Waals surface area contributed by atoms with Gasteiger partial charge in [0.05, 0.1) is 0 Å². The number of anilines is 1. The van der Waals surface area contributed by atoms with E-state index < -0.39 is 0 Å². The highest BCUT2D eigenvalue weighted by molar-refractivity contribution is 5.22. The first-order valence-electron chi connectivity index (χ1n) is 1.91.